The molecule has 0 radical (unpaired) electrons. The number of benzene rings is 1. The van der Waals surface area contributed by atoms with Gasteiger partial charge in [0.25, 0.3) is 5.91 Å². The van der Waals surface area contributed by atoms with Gasteiger partial charge < -0.3 is 19.8 Å². The van der Waals surface area contributed by atoms with Crippen molar-refractivity contribution in [1.29, 1.82) is 0 Å². The summed E-state index contributed by atoms with van der Waals surface area (Å²) in [7, 11) is 1.34. The van der Waals surface area contributed by atoms with Crippen LogP contribution in [0.5, 0.6) is 0 Å². The number of methoxy groups -OCH3 is 1. The van der Waals surface area contributed by atoms with Gasteiger partial charge in [0.05, 0.1) is 29.3 Å². The lowest BCUT2D eigenvalue weighted by molar-refractivity contribution is -0.124. The van der Waals surface area contributed by atoms with Gasteiger partial charge in [-0.05, 0) is 68.0 Å². The number of anilines is 1. The maximum Gasteiger partial charge on any atom is 0.341 e. The van der Waals surface area contributed by atoms with E-state index in [0.717, 1.165) is 54.5 Å². The predicted molar refractivity (Wildman–Crippen MR) is 149 cm³/mol. The summed E-state index contributed by atoms with van der Waals surface area (Å²) in [6.07, 6.45) is 8.56. The Bertz CT molecular complexity index is 1510. The van der Waals surface area contributed by atoms with Crippen LogP contribution in [0.3, 0.4) is 0 Å². The number of imidazole rings is 1. The number of H-pyrrole nitrogens is 1. The number of pyridine rings is 1. The van der Waals surface area contributed by atoms with Crippen LogP contribution >= 0.6 is 11.3 Å². The van der Waals surface area contributed by atoms with Crippen molar-refractivity contribution in [2.24, 2.45) is 0 Å². The number of hydrogen-bond donors (Lipinski definition) is 2. The van der Waals surface area contributed by atoms with Gasteiger partial charge in [0.2, 0.25) is 0 Å². The van der Waals surface area contributed by atoms with Crippen LogP contribution in [0.25, 0.3) is 22.4 Å². The second-order valence-corrected chi connectivity index (χ2v) is 10.6. The van der Waals surface area contributed by atoms with E-state index < -0.39 is 23.9 Å². The van der Waals surface area contributed by atoms with Gasteiger partial charge in [-0.25, -0.2) is 14.6 Å². The number of aromatic amines is 1. The number of thiophene rings is 1. The van der Waals surface area contributed by atoms with Crippen molar-refractivity contribution in [3.8, 4) is 11.4 Å². The SMILES string of the molecule is CCC(OC(=O)c1ccc2nc(-c3cccnc3)[nH]c2c1)C(=O)Nc1sc2c(c1C(=O)OC)CCCCCC2. The first-order chi connectivity index (χ1) is 19.0. The molecule has 2 N–H and O–H groups in total. The average Bonchev–Trinajstić information content (AvgIpc) is 3.52. The molecule has 39 heavy (non-hydrogen) atoms. The molecule has 1 aliphatic rings. The van der Waals surface area contributed by atoms with E-state index in [2.05, 4.69) is 20.3 Å². The molecule has 0 fully saturated rings. The molecular weight excluding hydrogens is 516 g/mol. The Morgan fingerprint density at radius 1 is 1.10 bits per heavy atom. The lowest BCUT2D eigenvalue weighted by Gasteiger charge is -2.16. The van der Waals surface area contributed by atoms with Crippen LogP contribution in [-0.4, -0.2) is 46.0 Å². The van der Waals surface area contributed by atoms with E-state index in [9.17, 15) is 14.4 Å². The summed E-state index contributed by atoms with van der Waals surface area (Å²) in [6.45, 7) is 1.77. The summed E-state index contributed by atoms with van der Waals surface area (Å²) >= 11 is 1.41. The molecule has 0 saturated heterocycles. The first-order valence-corrected chi connectivity index (χ1v) is 13.9. The van der Waals surface area contributed by atoms with Gasteiger partial charge >= 0.3 is 11.9 Å². The van der Waals surface area contributed by atoms with Crippen LogP contribution in [0, 0.1) is 0 Å². The van der Waals surface area contributed by atoms with Gasteiger partial charge in [-0.1, -0.05) is 19.8 Å². The lowest BCUT2D eigenvalue weighted by atomic mass is 9.96. The molecule has 1 aliphatic carbocycles. The van der Waals surface area contributed by atoms with Gasteiger partial charge in [0, 0.05) is 22.8 Å². The number of rotatable bonds is 7. The van der Waals surface area contributed by atoms with Gasteiger partial charge in [-0.3, -0.25) is 9.78 Å². The minimum absolute atomic E-state index is 0.272. The normalized spacial score (nSPS) is 14.1. The third-order valence-corrected chi connectivity index (χ3v) is 8.07. The molecule has 0 aliphatic heterocycles. The Hall–Kier alpha value is -4.05. The van der Waals surface area contributed by atoms with E-state index in [1.807, 2.05) is 12.1 Å². The molecule has 0 spiro atoms. The molecule has 1 atom stereocenters. The largest absolute Gasteiger partial charge is 0.465 e. The molecule has 5 rings (SSSR count). The van der Waals surface area contributed by atoms with Crippen LogP contribution in [-0.2, 0) is 27.1 Å². The highest BCUT2D eigenvalue weighted by atomic mass is 32.1. The Morgan fingerprint density at radius 3 is 2.67 bits per heavy atom. The van der Waals surface area contributed by atoms with Crippen LogP contribution < -0.4 is 5.32 Å². The minimum Gasteiger partial charge on any atom is -0.465 e. The molecule has 1 amide bonds. The number of nitrogens with one attached hydrogen (secondary N) is 2. The van der Waals surface area contributed by atoms with Crippen molar-refractivity contribution in [3.05, 3.63) is 64.3 Å². The summed E-state index contributed by atoms with van der Waals surface area (Å²) < 4.78 is 10.7. The number of hydrogen-bond acceptors (Lipinski definition) is 8. The monoisotopic (exact) mass is 546 g/mol. The van der Waals surface area contributed by atoms with E-state index in [4.69, 9.17) is 9.47 Å². The zero-order valence-electron chi connectivity index (χ0n) is 21.9. The summed E-state index contributed by atoms with van der Waals surface area (Å²) in [6, 6.07) is 8.72. The zero-order chi connectivity index (χ0) is 27.4. The third-order valence-electron chi connectivity index (χ3n) is 6.86. The summed E-state index contributed by atoms with van der Waals surface area (Å²) in [5.74, 6) is -0.928. The van der Waals surface area contributed by atoms with Crippen molar-refractivity contribution in [3.63, 3.8) is 0 Å². The number of esters is 2. The van der Waals surface area contributed by atoms with Gasteiger partial charge in [-0.15, -0.1) is 11.3 Å². The van der Waals surface area contributed by atoms with E-state index in [1.54, 1.807) is 37.5 Å². The molecular formula is C29H30N4O5S. The Morgan fingerprint density at radius 2 is 1.92 bits per heavy atom. The van der Waals surface area contributed by atoms with Crippen LogP contribution in [0.4, 0.5) is 5.00 Å². The predicted octanol–water partition coefficient (Wildman–Crippen LogP) is 5.71. The lowest BCUT2D eigenvalue weighted by Crippen LogP contribution is -2.32. The first kappa shape index (κ1) is 26.6. The molecule has 3 aromatic heterocycles. The van der Waals surface area contributed by atoms with Crippen LogP contribution in [0.1, 0.15) is 70.2 Å². The Kier molecular flexibility index (Phi) is 8.02. The molecule has 10 heteroatoms. The molecule has 3 heterocycles. The number of carbonyl (C=O) groups is 3. The fraction of sp³-hybridized carbons (Fsp3) is 0.345. The zero-order valence-corrected chi connectivity index (χ0v) is 22.7. The van der Waals surface area contributed by atoms with E-state index in [-0.39, 0.29) is 6.42 Å². The van der Waals surface area contributed by atoms with E-state index >= 15 is 0 Å². The fourth-order valence-corrected chi connectivity index (χ4v) is 6.09. The van der Waals surface area contributed by atoms with Gasteiger partial charge in [0.1, 0.15) is 10.8 Å². The smallest absolute Gasteiger partial charge is 0.341 e. The average molecular weight is 547 g/mol. The number of amides is 1. The number of carbonyl (C=O) groups excluding carboxylic acids is 3. The highest BCUT2D eigenvalue weighted by molar-refractivity contribution is 7.17. The summed E-state index contributed by atoms with van der Waals surface area (Å²) in [4.78, 5) is 51.9. The summed E-state index contributed by atoms with van der Waals surface area (Å²) in [5.41, 5.74) is 3.87. The topological polar surface area (TPSA) is 123 Å². The molecule has 1 unspecified atom stereocenters. The highest BCUT2D eigenvalue weighted by Gasteiger charge is 2.29. The second kappa shape index (κ2) is 11.8. The second-order valence-electron chi connectivity index (χ2n) is 9.46. The number of aryl methyl sites for hydroxylation is 1. The maximum absolute atomic E-state index is 13.2. The molecule has 9 nitrogen and oxygen atoms in total. The van der Waals surface area contributed by atoms with E-state index in [1.165, 1.54) is 18.4 Å². The Labute approximate surface area is 230 Å². The van der Waals surface area contributed by atoms with Crippen molar-refractivity contribution in [2.45, 2.75) is 58.0 Å². The fourth-order valence-electron chi connectivity index (χ4n) is 4.81. The van der Waals surface area contributed by atoms with Gasteiger partial charge in [0.15, 0.2) is 6.10 Å². The third kappa shape index (κ3) is 5.70. The quantitative estimate of drug-likeness (QED) is 0.285. The number of fused-ring (bicyclic) bond motifs is 2. The number of ether oxygens (including phenoxy) is 2. The summed E-state index contributed by atoms with van der Waals surface area (Å²) in [5, 5.41) is 3.32. The van der Waals surface area contributed by atoms with Crippen LogP contribution in [0.2, 0.25) is 0 Å². The number of nitrogens with zero attached hydrogens (tertiary/aromatic N) is 2. The first-order valence-electron chi connectivity index (χ1n) is 13.1. The highest BCUT2D eigenvalue weighted by Crippen LogP contribution is 2.37. The molecule has 1 aromatic carbocycles. The molecule has 202 valence electrons. The Balaban J connectivity index is 1.33. The van der Waals surface area contributed by atoms with Gasteiger partial charge in [-0.2, -0.15) is 0 Å². The standard InChI is InChI=1S/C29H30N4O5S/c1-3-22(26(34)33-27-24(29(36)37-2)19-10-6-4-5-7-11-23(19)39-27)38-28(35)17-12-13-20-21(15-17)32-25(31-20)18-9-8-14-30-16-18/h8-9,12-16,22H,3-7,10-11H2,1-2H3,(H,31,32)(H,33,34). The molecule has 4 aromatic rings. The van der Waals surface area contributed by atoms with Crippen molar-refractivity contribution in [1.82, 2.24) is 15.0 Å². The van der Waals surface area contributed by atoms with Crippen LogP contribution in [0.15, 0.2) is 42.7 Å². The molecule has 0 bridgehead atoms. The minimum atomic E-state index is -1.03. The number of aromatic nitrogens is 3. The van der Waals surface area contributed by atoms with Crippen molar-refractivity contribution >= 4 is 45.2 Å². The van der Waals surface area contributed by atoms with Crippen molar-refractivity contribution in [2.75, 3.05) is 12.4 Å². The van der Waals surface area contributed by atoms with E-state index in [0.29, 0.717) is 33.0 Å². The maximum atomic E-state index is 13.2. The van der Waals surface area contributed by atoms with Crippen molar-refractivity contribution < 1.29 is 23.9 Å². The molecule has 0 saturated carbocycles.